The fourth-order valence-corrected chi connectivity index (χ4v) is 4.23. The molecule has 1 atom stereocenters. The van der Waals surface area contributed by atoms with Gasteiger partial charge in [-0.15, -0.1) is 0 Å². The van der Waals surface area contributed by atoms with Gasteiger partial charge in [-0.2, -0.15) is 0 Å². The quantitative estimate of drug-likeness (QED) is 0.230. The van der Waals surface area contributed by atoms with E-state index >= 15 is 0 Å². The molecule has 1 unspecified atom stereocenters. The van der Waals surface area contributed by atoms with Gasteiger partial charge in [0.2, 0.25) is 0 Å². The number of piperidine rings is 1. The van der Waals surface area contributed by atoms with Gasteiger partial charge < -0.3 is 10.2 Å². The molecule has 1 N–H and O–H groups in total. The molecule has 180 valence electrons. The van der Waals surface area contributed by atoms with Crippen molar-refractivity contribution in [3.8, 4) is 0 Å². The maximum Gasteiger partial charge on any atom is 0.0317 e. The summed E-state index contributed by atoms with van der Waals surface area (Å²) in [6.07, 6.45) is 11.6. The first-order valence-corrected chi connectivity index (χ1v) is 12.7. The highest BCUT2D eigenvalue weighted by Crippen LogP contribution is 2.29. The number of allylic oxidation sites excluding steroid dienone is 7. The second-order valence-corrected chi connectivity index (χ2v) is 9.82. The minimum atomic E-state index is 0.453. The van der Waals surface area contributed by atoms with Crippen molar-refractivity contribution < 1.29 is 0 Å². The van der Waals surface area contributed by atoms with Crippen LogP contribution in [0, 0.1) is 11.8 Å². The summed E-state index contributed by atoms with van der Waals surface area (Å²) in [4.78, 5) is 2.55. The summed E-state index contributed by atoms with van der Waals surface area (Å²) in [5.41, 5.74) is 9.19. The zero-order valence-corrected chi connectivity index (χ0v) is 22.2. The van der Waals surface area contributed by atoms with Crippen molar-refractivity contribution in [1.29, 1.82) is 0 Å². The Morgan fingerprint density at radius 1 is 1.03 bits per heavy atom. The highest BCUT2D eigenvalue weighted by molar-refractivity contribution is 5.32. The molecular weight excluding hydrogens is 388 g/mol. The molecule has 0 aromatic rings. The summed E-state index contributed by atoms with van der Waals surface area (Å²) in [6, 6.07) is 0. The number of nitrogens with one attached hydrogen (secondary N) is 1. The molecule has 0 bridgehead atoms. The fourth-order valence-electron chi connectivity index (χ4n) is 4.23. The normalized spacial score (nSPS) is 16.5. The van der Waals surface area contributed by atoms with Crippen LogP contribution in [0.4, 0.5) is 0 Å². The summed E-state index contributed by atoms with van der Waals surface area (Å²) in [6.45, 7) is 31.4. The Bertz CT molecular complexity index is 735. The Balaban J connectivity index is 2.71. The van der Waals surface area contributed by atoms with Gasteiger partial charge in [0.15, 0.2) is 0 Å². The van der Waals surface area contributed by atoms with Gasteiger partial charge in [-0.1, -0.05) is 75.8 Å². The number of hydrogen-bond donors (Lipinski definition) is 1. The van der Waals surface area contributed by atoms with Crippen molar-refractivity contribution in [2.45, 2.75) is 87.0 Å². The third-order valence-electron chi connectivity index (χ3n) is 7.05. The van der Waals surface area contributed by atoms with Gasteiger partial charge in [0.1, 0.15) is 0 Å². The molecule has 2 heteroatoms. The van der Waals surface area contributed by atoms with E-state index in [9.17, 15) is 0 Å². The second-order valence-electron chi connectivity index (χ2n) is 9.82. The molecular formula is C30H50N2. The third kappa shape index (κ3) is 8.88. The summed E-state index contributed by atoms with van der Waals surface area (Å²) >= 11 is 0. The second kappa shape index (κ2) is 14.2. The average Bonchev–Trinajstić information content (AvgIpc) is 2.77. The Kier molecular flexibility index (Phi) is 12.5. The Morgan fingerprint density at radius 2 is 1.66 bits per heavy atom. The van der Waals surface area contributed by atoms with Crippen molar-refractivity contribution in [2.24, 2.45) is 11.8 Å². The Labute approximate surface area is 199 Å². The predicted molar refractivity (Wildman–Crippen MR) is 145 cm³/mol. The summed E-state index contributed by atoms with van der Waals surface area (Å²) < 4.78 is 0. The lowest BCUT2D eigenvalue weighted by Gasteiger charge is -2.36. The monoisotopic (exact) mass is 438 g/mol. The van der Waals surface area contributed by atoms with Crippen molar-refractivity contribution >= 4 is 0 Å². The van der Waals surface area contributed by atoms with Crippen LogP contribution >= 0.6 is 0 Å². The molecule has 2 nitrogen and oxygen atoms in total. The standard InChI is InChI=1S/C30H50N2/c1-11-13-14-28(23(5)6)16-15-24(7)29-17-19-32(20-18-29)27(10)30(12-2)26(9)31-21-25(8)22(3)4/h15-16,25,29,31H,3,7,9,11-14,17-21H2,1-2,4-6,8,10H3/b16-15-,30-27+. The van der Waals surface area contributed by atoms with E-state index in [1.807, 2.05) is 0 Å². The van der Waals surface area contributed by atoms with Crippen molar-refractivity contribution in [2.75, 3.05) is 19.6 Å². The van der Waals surface area contributed by atoms with Crippen LogP contribution < -0.4 is 5.32 Å². The molecule has 1 aliphatic rings. The molecule has 0 aromatic heterocycles. The van der Waals surface area contributed by atoms with E-state index in [4.69, 9.17) is 0 Å². The lowest BCUT2D eigenvalue weighted by molar-refractivity contribution is 0.246. The average molecular weight is 439 g/mol. The maximum absolute atomic E-state index is 4.42. The van der Waals surface area contributed by atoms with Crippen LogP contribution in [-0.2, 0) is 0 Å². The van der Waals surface area contributed by atoms with Gasteiger partial charge >= 0.3 is 0 Å². The molecule has 1 heterocycles. The van der Waals surface area contributed by atoms with E-state index in [2.05, 4.69) is 90.6 Å². The third-order valence-corrected chi connectivity index (χ3v) is 7.05. The van der Waals surface area contributed by atoms with Crippen LogP contribution in [0.2, 0.25) is 0 Å². The number of rotatable bonds is 13. The molecule has 1 aliphatic heterocycles. The van der Waals surface area contributed by atoms with Crippen molar-refractivity contribution in [3.05, 3.63) is 71.1 Å². The predicted octanol–water partition coefficient (Wildman–Crippen LogP) is 8.34. The number of unbranched alkanes of at least 4 members (excludes halogenated alkanes) is 1. The first kappa shape index (κ1) is 28.1. The molecule has 0 radical (unpaired) electrons. The molecule has 0 saturated carbocycles. The fraction of sp³-hybridized carbons (Fsp3) is 0.600. The van der Waals surface area contributed by atoms with Crippen LogP contribution in [0.3, 0.4) is 0 Å². The number of hydrogen-bond acceptors (Lipinski definition) is 2. The van der Waals surface area contributed by atoms with E-state index in [1.165, 1.54) is 65.7 Å². The minimum absolute atomic E-state index is 0.453. The lowest BCUT2D eigenvalue weighted by atomic mass is 9.88. The van der Waals surface area contributed by atoms with E-state index in [1.54, 1.807) is 0 Å². The zero-order valence-electron chi connectivity index (χ0n) is 22.2. The van der Waals surface area contributed by atoms with Gasteiger partial charge in [-0.05, 0) is 82.8 Å². The van der Waals surface area contributed by atoms with Gasteiger partial charge in [-0.25, -0.2) is 0 Å². The molecule has 0 aliphatic carbocycles. The molecule has 1 saturated heterocycles. The molecule has 0 amide bonds. The summed E-state index contributed by atoms with van der Waals surface area (Å²) in [7, 11) is 0. The van der Waals surface area contributed by atoms with Gasteiger partial charge in [0, 0.05) is 31.0 Å². The smallest absolute Gasteiger partial charge is 0.0317 e. The lowest BCUT2D eigenvalue weighted by Crippen LogP contribution is -2.34. The van der Waals surface area contributed by atoms with Gasteiger partial charge in [0.25, 0.3) is 0 Å². The molecule has 1 fully saturated rings. The first-order chi connectivity index (χ1) is 15.1. The van der Waals surface area contributed by atoms with Crippen LogP contribution in [0.25, 0.3) is 0 Å². The topological polar surface area (TPSA) is 15.3 Å². The van der Waals surface area contributed by atoms with Gasteiger partial charge in [0.05, 0.1) is 0 Å². The summed E-state index contributed by atoms with van der Waals surface area (Å²) in [5.74, 6) is 1.04. The highest BCUT2D eigenvalue weighted by atomic mass is 15.1. The highest BCUT2D eigenvalue weighted by Gasteiger charge is 2.22. The maximum atomic E-state index is 4.42. The first-order valence-electron chi connectivity index (χ1n) is 12.7. The van der Waals surface area contributed by atoms with Crippen LogP contribution in [0.5, 0.6) is 0 Å². The summed E-state index contributed by atoms with van der Waals surface area (Å²) in [5, 5.41) is 3.55. The molecule has 0 aromatic carbocycles. The van der Waals surface area contributed by atoms with Crippen molar-refractivity contribution in [3.63, 3.8) is 0 Å². The van der Waals surface area contributed by atoms with Crippen molar-refractivity contribution in [1.82, 2.24) is 10.2 Å². The van der Waals surface area contributed by atoms with Crippen LogP contribution in [0.15, 0.2) is 71.1 Å². The molecule has 0 spiro atoms. The zero-order chi connectivity index (χ0) is 24.3. The van der Waals surface area contributed by atoms with Crippen LogP contribution in [0.1, 0.15) is 87.0 Å². The van der Waals surface area contributed by atoms with E-state index < -0.39 is 0 Å². The molecule has 1 rings (SSSR count). The minimum Gasteiger partial charge on any atom is -0.385 e. The largest absolute Gasteiger partial charge is 0.385 e. The Hall–Kier alpha value is -1.96. The molecule has 32 heavy (non-hydrogen) atoms. The van der Waals surface area contributed by atoms with E-state index in [-0.39, 0.29) is 0 Å². The number of likely N-dealkylation sites (tertiary alicyclic amines) is 1. The van der Waals surface area contributed by atoms with Crippen LogP contribution in [-0.4, -0.2) is 24.5 Å². The van der Waals surface area contributed by atoms with E-state index in [0.717, 1.165) is 31.8 Å². The number of nitrogens with zero attached hydrogens (tertiary/aromatic N) is 1. The van der Waals surface area contributed by atoms with E-state index in [0.29, 0.717) is 11.8 Å². The SMILES string of the molecule is C=C(NCC(C)C(=C)C)/C(CC)=C(\C)N1CCC(C(=C)/C=C\C(CCCC)=C(C)C)CC1. The van der Waals surface area contributed by atoms with Gasteiger partial charge in [-0.3, -0.25) is 0 Å². The Morgan fingerprint density at radius 3 is 2.16 bits per heavy atom.